The minimum absolute atomic E-state index is 0.680. The van der Waals surface area contributed by atoms with Crippen LogP contribution in [0.2, 0.25) is 126 Å². The molecule has 6 heteroatoms. The first-order chi connectivity index (χ1) is 10.8. The van der Waals surface area contributed by atoms with Crippen LogP contribution in [0.4, 0.5) is 0 Å². The van der Waals surface area contributed by atoms with E-state index in [1.165, 1.54) is 0 Å². The maximum atomic E-state index is 2.78. The summed E-state index contributed by atoms with van der Waals surface area (Å²) >= 11 is 0. The molecule has 0 saturated heterocycles. The van der Waals surface area contributed by atoms with Gasteiger partial charge >= 0.3 is 0 Å². The van der Waals surface area contributed by atoms with Gasteiger partial charge in [-0.1, -0.05) is 118 Å². The molecule has 0 aliphatic carbocycles. The third-order valence-electron chi connectivity index (χ3n) is 7.31. The van der Waals surface area contributed by atoms with Gasteiger partial charge < -0.3 is 0 Å². The Hall–Kier alpha value is 1.30. The second-order valence-corrected chi connectivity index (χ2v) is 49.5. The molecular formula is C20H54Si6. The molecule has 0 nitrogen and oxygen atoms in total. The van der Waals surface area contributed by atoms with E-state index in [9.17, 15) is 0 Å². The van der Waals surface area contributed by atoms with Crippen molar-refractivity contribution in [3.05, 3.63) is 0 Å². The second-order valence-electron chi connectivity index (χ2n) is 15.0. The first-order valence-corrected chi connectivity index (χ1v) is 31.8. The molecule has 0 rings (SSSR count). The van der Waals surface area contributed by atoms with Gasteiger partial charge in [-0.2, -0.15) is 0 Å². The Kier molecular flexibility index (Phi) is 7.27. The summed E-state index contributed by atoms with van der Waals surface area (Å²) in [4.78, 5) is 0. The summed E-state index contributed by atoms with van der Waals surface area (Å²) in [6.45, 7) is 50.0. The summed E-state index contributed by atoms with van der Waals surface area (Å²) in [5.41, 5.74) is 0. The van der Waals surface area contributed by atoms with Gasteiger partial charge in [0.25, 0.3) is 0 Å². The molecule has 0 amide bonds. The van der Waals surface area contributed by atoms with E-state index in [0.29, 0.717) is 8.57 Å². The minimum Gasteiger partial charge on any atom is -0.0696 e. The maximum Gasteiger partial charge on any atom is 0.0449 e. The van der Waals surface area contributed by atoms with Gasteiger partial charge in [-0.05, 0) is 8.57 Å². The maximum absolute atomic E-state index is 2.78. The van der Waals surface area contributed by atoms with Crippen LogP contribution in [0.3, 0.4) is 0 Å². The Morgan fingerprint density at radius 2 is 0.308 bits per heavy atom. The lowest BCUT2D eigenvalue weighted by molar-refractivity contribution is 0.803. The summed E-state index contributed by atoms with van der Waals surface area (Å²) in [5.74, 6) is 0. The monoisotopic (exact) mass is 462 g/mol. The van der Waals surface area contributed by atoms with E-state index in [1.807, 2.05) is 0 Å². The molecule has 0 N–H and O–H groups in total. The average Bonchev–Trinajstić information content (AvgIpc) is 2.12. The van der Waals surface area contributed by atoms with E-state index in [0.717, 1.165) is 0 Å². The molecule has 0 fully saturated rings. The molecule has 158 valence electrons. The largest absolute Gasteiger partial charge is 0.0696 e. The van der Waals surface area contributed by atoms with Crippen LogP contribution in [0.1, 0.15) is 0 Å². The van der Waals surface area contributed by atoms with Crippen molar-refractivity contribution >= 4 is 48.4 Å². The Balaban J connectivity index is 8.17. The SMILES string of the molecule is C[Si](C)(C)C(C([Si](C)(C)C)([Si](C)(C)C)[Si](C)(C)C)([Si](C)(C)C)[Si](C)(C)C. The summed E-state index contributed by atoms with van der Waals surface area (Å²) in [6.07, 6.45) is 0. The molecule has 0 unspecified atom stereocenters. The van der Waals surface area contributed by atoms with Crippen molar-refractivity contribution in [1.82, 2.24) is 0 Å². The molecule has 0 saturated carbocycles. The fourth-order valence-corrected chi connectivity index (χ4v) is 91.1. The van der Waals surface area contributed by atoms with E-state index in [2.05, 4.69) is 118 Å². The van der Waals surface area contributed by atoms with Gasteiger partial charge in [-0.25, -0.2) is 0 Å². The fraction of sp³-hybridized carbons (Fsp3) is 1.00. The summed E-state index contributed by atoms with van der Waals surface area (Å²) < 4.78 is 1.36. The van der Waals surface area contributed by atoms with Crippen LogP contribution in [0.25, 0.3) is 0 Å². The zero-order chi connectivity index (χ0) is 22.0. The second kappa shape index (κ2) is 6.93. The van der Waals surface area contributed by atoms with E-state index >= 15 is 0 Å². The Labute approximate surface area is 174 Å². The third kappa shape index (κ3) is 3.61. The van der Waals surface area contributed by atoms with Crippen molar-refractivity contribution in [3.8, 4) is 0 Å². The van der Waals surface area contributed by atoms with Gasteiger partial charge in [0.1, 0.15) is 0 Å². The Bertz CT molecular complexity index is 375. The quantitative estimate of drug-likeness (QED) is 0.332. The predicted molar refractivity (Wildman–Crippen MR) is 145 cm³/mol. The van der Waals surface area contributed by atoms with Crippen molar-refractivity contribution in [2.75, 3.05) is 0 Å². The molecule has 0 aliphatic rings. The van der Waals surface area contributed by atoms with Crippen molar-refractivity contribution in [2.24, 2.45) is 0 Å². The lowest BCUT2D eigenvalue weighted by atomic mass is 10.8. The van der Waals surface area contributed by atoms with Gasteiger partial charge in [0, 0.05) is 48.4 Å². The number of rotatable bonds is 7. The smallest absolute Gasteiger partial charge is 0.0449 e. The minimum atomic E-state index is -1.44. The van der Waals surface area contributed by atoms with Crippen LogP contribution in [-0.2, 0) is 0 Å². The van der Waals surface area contributed by atoms with Crippen molar-refractivity contribution in [3.63, 3.8) is 0 Å². The van der Waals surface area contributed by atoms with Crippen molar-refractivity contribution < 1.29 is 0 Å². The molecule has 0 aromatic carbocycles. The highest BCUT2D eigenvalue weighted by Crippen LogP contribution is 2.77. The van der Waals surface area contributed by atoms with E-state index in [-0.39, 0.29) is 0 Å². The average molecular weight is 463 g/mol. The van der Waals surface area contributed by atoms with Gasteiger partial charge in [0.05, 0.1) is 0 Å². The number of hydrogen-bond donors (Lipinski definition) is 0. The summed E-state index contributed by atoms with van der Waals surface area (Å²) in [6, 6.07) is 0. The summed E-state index contributed by atoms with van der Waals surface area (Å²) in [7, 11) is -8.67. The molecule has 0 spiro atoms. The first kappa shape index (κ1) is 27.3. The zero-order valence-corrected chi connectivity index (χ0v) is 28.0. The van der Waals surface area contributed by atoms with Crippen LogP contribution in [-0.4, -0.2) is 48.4 Å². The molecule has 26 heavy (non-hydrogen) atoms. The van der Waals surface area contributed by atoms with Gasteiger partial charge in [-0.3, -0.25) is 0 Å². The van der Waals surface area contributed by atoms with Crippen LogP contribution in [0.5, 0.6) is 0 Å². The van der Waals surface area contributed by atoms with Crippen LogP contribution in [0.15, 0.2) is 0 Å². The lowest BCUT2D eigenvalue weighted by Crippen LogP contribution is -2.83. The van der Waals surface area contributed by atoms with Crippen LogP contribution in [0, 0.1) is 0 Å². The molecule has 0 atom stereocenters. The topological polar surface area (TPSA) is 0 Å². The molecule has 0 aliphatic heterocycles. The van der Waals surface area contributed by atoms with Crippen molar-refractivity contribution in [1.29, 1.82) is 0 Å². The summed E-state index contributed by atoms with van der Waals surface area (Å²) in [5, 5.41) is 0. The molecule has 0 bridgehead atoms. The van der Waals surface area contributed by atoms with Crippen LogP contribution >= 0.6 is 0 Å². The molecule has 0 aromatic heterocycles. The standard InChI is InChI=1S/C20H54Si6/c1-21(2,3)19(22(4,5)6,23(7,8)9)20(24(10,11)12,25(13,14)15)26(16,17)18/h1-18H3. The van der Waals surface area contributed by atoms with Crippen molar-refractivity contribution in [2.45, 2.75) is 126 Å². The molecule has 0 aromatic rings. The van der Waals surface area contributed by atoms with E-state index < -0.39 is 48.4 Å². The van der Waals surface area contributed by atoms with Gasteiger partial charge in [0.15, 0.2) is 0 Å². The highest BCUT2D eigenvalue weighted by Gasteiger charge is 2.78. The van der Waals surface area contributed by atoms with E-state index in [1.54, 1.807) is 0 Å². The molecular weight excluding hydrogens is 409 g/mol. The Morgan fingerprint density at radius 3 is 0.346 bits per heavy atom. The Morgan fingerprint density at radius 1 is 0.231 bits per heavy atom. The molecule has 0 heterocycles. The highest BCUT2D eigenvalue weighted by molar-refractivity contribution is 7.27. The van der Waals surface area contributed by atoms with Crippen LogP contribution < -0.4 is 0 Å². The van der Waals surface area contributed by atoms with Gasteiger partial charge in [-0.15, -0.1) is 0 Å². The normalized spacial score (nSPS) is 16.8. The predicted octanol–water partition coefficient (Wildman–Crippen LogP) is 8.65. The van der Waals surface area contributed by atoms with E-state index in [4.69, 9.17) is 0 Å². The first-order valence-electron chi connectivity index (χ1n) is 10.8. The highest BCUT2D eigenvalue weighted by atomic mass is 28.5. The third-order valence-corrected chi connectivity index (χ3v) is 52.3. The zero-order valence-electron chi connectivity index (χ0n) is 22.0. The van der Waals surface area contributed by atoms with Gasteiger partial charge in [0.2, 0.25) is 0 Å². The lowest BCUT2D eigenvalue weighted by Gasteiger charge is -2.78. The number of hydrogen-bond acceptors (Lipinski definition) is 0. The molecule has 0 radical (unpaired) electrons. The fourth-order valence-electron chi connectivity index (χ4n) is 10.1.